The fourth-order valence-corrected chi connectivity index (χ4v) is 1.93. The first kappa shape index (κ1) is 7.72. The van der Waals surface area contributed by atoms with Crippen LogP contribution in [0, 0.1) is 0 Å². The van der Waals surface area contributed by atoms with Crippen molar-refractivity contribution < 1.29 is 4.28 Å². The molecule has 0 aromatic carbocycles. The van der Waals surface area contributed by atoms with Crippen LogP contribution in [0.5, 0.6) is 0 Å². The van der Waals surface area contributed by atoms with Crippen molar-refractivity contribution in [3.8, 4) is 0 Å². The molecule has 0 fully saturated rings. The Kier molecular flexibility index (Phi) is 2.43. The molecule has 0 aliphatic carbocycles. The predicted molar refractivity (Wildman–Crippen MR) is 46.4 cm³/mol. The van der Waals surface area contributed by atoms with Crippen LogP contribution >= 0.6 is 10.8 Å². The fourth-order valence-electron chi connectivity index (χ4n) is 0.883. The van der Waals surface area contributed by atoms with E-state index in [1.54, 1.807) is 0 Å². The quantitative estimate of drug-likeness (QED) is 0.464. The van der Waals surface area contributed by atoms with Crippen molar-refractivity contribution >= 4 is 16.1 Å². The van der Waals surface area contributed by atoms with Crippen LogP contribution in [0.1, 0.15) is 13.8 Å². The van der Waals surface area contributed by atoms with Gasteiger partial charge in [-0.15, -0.1) is 0 Å². The molecule has 1 heterocycles. The number of allylic oxidation sites excluding steroid dienone is 3. The molecule has 56 valence electrons. The smallest absolute Gasteiger partial charge is 0.00420 e. The molecule has 1 aliphatic heterocycles. The van der Waals surface area contributed by atoms with Gasteiger partial charge < -0.3 is 0 Å². The summed E-state index contributed by atoms with van der Waals surface area (Å²) >= 11 is 0. The summed E-state index contributed by atoms with van der Waals surface area (Å²) in [6.45, 7) is 4.07. The molecule has 0 aromatic rings. The van der Waals surface area contributed by atoms with Crippen molar-refractivity contribution in [1.29, 1.82) is 0 Å². The lowest BCUT2D eigenvalue weighted by molar-refractivity contribution is 0.400. The highest BCUT2D eigenvalue weighted by Crippen LogP contribution is 2.22. The van der Waals surface area contributed by atoms with Gasteiger partial charge >= 0.3 is 0 Å². The van der Waals surface area contributed by atoms with E-state index in [2.05, 4.69) is 10.4 Å². The van der Waals surface area contributed by atoms with E-state index in [9.17, 15) is 0 Å². The van der Waals surface area contributed by atoms with Gasteiger partial charge in [0.05, 0.1) is 0 Å². The van der Waals surface area contributed by atoms with Gasteiger partial charge in [0.25, 0.3) is 0 Å². The van der Waals surface area contributed by atoms with E-state index in [-0.39, 0.29) is 10.8 Å². The number of nitrogens with two attached hydrogens (primary N) is 1. The minimum Gasteiger partial charge on any atom is -0.238 e. The average Bonchev–Trinajstić information content (AvgIpc) is 1.85. The lowest BCUT2D eigenvalue weighted by Gasteiger charge is -2.06. The fraction of sp³-hybridized carbons (Fsp3) is 0.286. The molecule has 3 heteroatoms. The van der Waals surface area contributed by atoms with E-state index in [1.165, 1.54) is 11.1 Å². The van der Waals surface area contributed by atoms with Crippen molar-refractivity contribution in [3.63, 3.8) is 0 Å². The SMILES string of the molecule is CC1=CC(C)=CS(ON)=C1. The molecule has 2 nitrogen and oxygen atoms in total. The molecule has 1 rings (SSSR count). The first-order chi connectivity index (χ1) is 4.72. The maximum Gasteiger partial charge on any atom is -0.00420 e. The van der Waals surface area contributed by atoms with Crippen LogP contribution in [-0.4, -0.2) is 5.37 Å². The molecule has 10 heavy (non-hydrogen) atoms. The standard InChI is InChI=1S/C7H11NOS/c1-6-3-7(2)5-10(4-6)9-8/h3-5H,8H2,1-2H3. The molecule has 1 atom stereocenters. The van der Waals surface area contributed by atoms with Crippen LogP contribution in [0.25, 0.3) is 0 Å². The minimum absolute atomic E-state index is 0.289. The molecular weight excluding hydrogens is 146 g/mol. The summed E-state index contributed by atoms with van der Waals surface area (Å²) in [5, 5.41) is 4.01. The summed E-state index contributed by atoms with van der Waals surface area (Å²) in [5.41, 5.74) is 2.43. The molecule has 0 saturated carbocycles. The molecule has 0 spiro atoms. The van der Waals surface area contributed by atoms with Gasteiger partial charge in [-0.1, -0.05) is 6.08 Å². The predicted octanol–water partition coefficient (Wildman–Crippen LogP) is 1.73. The van der Waals surface area contributed by atoms with E-state index in [0.717, 1.165) is 0 Å². The highest BCUT2D eigenvalue weighted by molar-refractivity contribution is 8.13. The summed E-state index contributed by atoms with van der Waals surface area (Å²) in [6, 6.07) is 0. The summed E-state index contributed by atoms with van der Waals surface area (Å²) in [4.78, 5) is 0. The van der Waals surface area contributed by atoms with E-state index in [0.29, 0.717) is 0 Å². The van der Waals surface area contributed by atoms with Gasteiger partial charge in [-0.25, -0.2) is 10.2 Å². The maximum atomic E-state index is 5.04. The molecule has 0 saturated heterocycles. The molecule has 0 radical (unpaired) electrons. The van der Waals surface area contributed by atoms with Crippen molar-refractivity contribution in [3.05, 3.63) is 22.6 Å². The number of hydrogen-bond acceptors (Lipinski definition) is 2. The Hall–Kier alpha value is -0.380. The van der Waals surface area contributed by atoms with Gasteiger partial charge in [-0.3, -0.25) is 0 Å². The Morgan fingerprint density at radius 3 is 2.60 bits per heavy atom. The van der Waals surface area contributed by atoms with E-state index >= 15 is 0 Å². The number of hydrogen-bond donors (Lipinski definition) is 1. The minimum atomic E-state index is -0.289. The average molecular weight is 157 g/mol. The molecular formula is C7H11NOS. The van der Waals surface area contributed by atoms with E-state index in [1.807, 2.05) is 24.6 Å². The third-order valence-corrected chi connectivity index (χ3v) is 2.60. The van der Waals surface area contributed by atoms with Gasteiger partial charge in [0.2, 0.25) is 0 Å². The maximum absolute atomic E-state index is 5.04. The van der Waals surface area contributed by atoms with Crippen molar-refractivity contribution in [2.24, 2.45) is 5.90 Å². The van der Waals surface area contributed by atoms with Gasteiger partial charge in [-0.05, 0) is 46.5 Å². The van der Waals surface area contributed by atoms with Crippen LogP contribution in [0.15, 0.2) is 22.6 Å². The van der Waals surface area contributed by atoms with E-state index < -0.39 is 0 Å². The lowest BCUT2D eigenvalue weighted by atomic mass is 10.2. The topological polar surface area (TPSA) is 35.2 Å². The van der Waals surface area contributed by atoms with Crippen LogP contribution in [0.4, 0.5) is 0 Å². The third kappa shape index (κ3) is 1.80. The Bertz CT molecular complexity index is 225. The van der Waals surface area contributed by atoms with Crippen molar-refractivity contribution in [1.82, 2.24) is 0 Å². The summed E-state index contributed by atoms with van der Waals surface area (Å²) in [6.07, 6.45) is 2.10. The Labute approximate surface area is 63.5 Å². The second-order valence-electron chi connectivity index (χ2n) is 2.29. The molecule has 0 aromatic heterocycles. The first-order valence-electron chi connectivity index (χ1n) is 3.03. The third-order valence-electron chi connectivity index (χ3n) is 1.17. The molecule has 0 bridgehead atoms. The summed E-state index contributed by atoms with van der Waals surface area (Å²) in [7, 11) is -0.289. The Balaban J connectivity index is 2.91. The van der Waals surface area contributed by atoms with Crippen LogP contribution in [-0.2, 0) is 4.28 Å². The van der Waals surface area contributed by atoms with Crippen LogP contribution < -0.4 is 5.90 Å². The molecule has 2 N–H and O–H groups in total. The molecule has 1 aliphatic rings. The van der Waals surface area contributed by atoms with E-state index in [4.69, 9.17) is 5.90 Å². The summed E-state index contributed by atoms with van der Waals surface area (Å²) < 4.78 is 4.69. The zero-order valence-corrected chi connectivity index (χ0v) is 6.94. The normalized spacial score (nSPS) is 24.9. The molecule has 1 unspecified atom stereocenters. The van der Waals surface area contributed by atoms with Gasteiger partial charge in [0, 0.05) is 0 Å². The Morgan fingerprint density at radius 1 is 1.40 bits per heavy atom. The van der Waals surface area contributed by atoms with Gasteiger partial charge in [-0.2, -0.15) is 0 Å². The van der Waals surface area contributed by atoms with Gasteiger partial charge in [0.15, 0.2) is 0 Å². The second-order valence-corrected chi connectivity index (χ2v) is 3.61. The highest BCUT2D eigenvalue weighted by Gasteiger charge is 1.97. The second kappa shape index (κ2) is 3.14. The van der Waals surface area contributed by atoms with Crippen molar-refractivity contribution in [2.75, 3.05) is 0 Å². The van der Waals surface area contributed by atoms with Crippen LogP contribution in [0.3, 0.4) is 0 Å². The zero-order valence-electron chi connectivity index (χ0n) is 6.13. The Morgan fingerprint density at radius 2 is 2.10 bits per heavy atom. The highest BCUT2D eigenvalue weighted by atomic mass is 32.2. The first-order valence-corrected chi connectivity index (χ1v) is 4.30. The van der Waals surface area contributed by atoms with Gasteiger partial charge in [0.1, 0.15) is 0 Å². The summed E-state index contributed by atoms with van der Waals surface area (Å²) in [5.74, 6) is 5.04. The van der Waals surface area contributed by atoms with Crippen LogP contribution in [0.2, 0.25) is 0 Å². The lowest BCUT2D eigenvalue weighted by Crippen LogP contribution is -1.95. The monoisotopic (exact) mass is 157 g/mol. The number of rotatable bonds is 1. The largest absolute Gasteiger partial charge is 0.238 e. The van der Waals surface area contributed by atoms with Crippen molar-refractivity contribution in [2.45, 2.75) is 13.8 Å². The zero-order chi connectivity index (χ0) is 7.56. The molecule has 0 amide bonds.